The third kappa shape index (κ3) is 4.33. The first-order valence-corrected chi connectivity index (χ1v) is 11.3. The number of allylic oxidation sites excluding steroid dienone is 1. The molecule has 0 radical (unpaired) electrons. The van der Waals surface area contributed by atoms with Crippen LogP contribution in [-0.4, -0.2) is 14.2 Å². The van der Waals surface area contributed by atoms with E-state index in [-0.39, 0.29) is 23.8 Å². The van der Waals surface area contributed by atoms with Crippen molar-refractivity contribution in [2.24, 2.45) is 0 Å². The van der Waals surface area contributed by atoms with Crippen LogP contribution in [0.1, 0.15) is 21.5 Å². The fourth-order valence-electron chi connectivity index (χ4n) is 3.31. The number of ketones is 1. The first kappa shape index (κ1) is 21.1. The standard InChI is InChI=1S/C23H18ClFN2O3S/c24-18-9-5-17(6-10-18)15-27-21-4-2-1-3-20(21)23(28)22(31(27,29)30)14-26-13-16-7-11-19(25)12-8-16/h1-12,14,26H,13,15H2. The molecule has 8 heteroatoms. The number of carbonyl (C=O) groups is 1. The Morgan fingerprint density at radius 3 is 2.29 bits per heavy atom. The third-order valence-corrected chi connectivity index (χ3v) is 6.92. The van der Waals surface area contributed by atoms with Crippen LogP contribution in [0, 0.1) is 5.82 Å². The minimum atomic E-state index is -4.11. The molecule has 0 spiro atoms. The molecule has 1 aliphatic rings. The molecule has 0 saturated heterocycles. The Morgan fingerprint density at radius 2 is 1.58 bits per heavy atom. The van der Waals surface area contributed by atoms with Gasteiger partial charge in [-0.25, -0.2) is 12.8 Å². The smallest absolute Gasteiger partial charge is 0.270 e. The molecule has 3 aromatic carbocycles. The lowest BCUT2D eigenvalue weighted by atomic mass is 10.1. The van der Waals surface area contributed by atoms with Gasteiger partial charge in [0.25, 0.3) is 10.0 Å². The number of sulfonamides is 1. The van der Waals surface area contributed by atoms with Gasteiger partial charge in [-0.05, 0) is 47.5 Å². The summed E-state index contributed by atoms with van der Waals surface area (Å²) in [5.74, 6) is -0.934. The van der Waals surface area contributed by atoms with Crippen LogP contribution < -0.4 is 9.62 Å². The van der Waals surface area contributed by atoms with Gasteiger partial charge in [-0.3, -0.25) is 9.10 Å². The lowest BCUT2D eigenvalue weighted by Crippen LogP contribution is -2.39. The van der Waals surface area contributed by atoms with E-state index >= 15 is 0 Å². The predicted octanol–water partition coefficient (Wildman–Crippen LogP) is 4.64. The van der Waals surface area contributed by atoms with E-state index in [9.17, 15) is 17.6 Å². The molecule has 4 rings (SSSR count). The van der Waals surface area contributed by atoms with Crippen molar-refractivity contribution in [3.63, 3.8) is 0 Å². The molecule has 0 bridgehead atoms. The Bertz CT molecular complexity index is 1260. The number of nitrogens with zero attached hydrogens (tertiary/aromatic N) is 1. The molecule has 158 valence electrons. The Balaban J connectivity index is 1.68. The molecule has 0 fully saturated rings. The van der Waals surface area contributed by atoms with Crippen LogP contribution >= 0.6 is 11.6 Å². The molecule has 0 atom stereocenters. The van der Waals surface area contributed by atoms with E-state index in [1.54, 1.807) is 60.7 Å². The maximum atomic E-state index is 13.4. The summed E-state index contributed by atoms with van der Waals surface area (Å²) in [6.45, 7) is 0.296. The maximum absolute atomic E-state index is 13.4. The fourth-order valence-corrected chi connectivity index (χ4v) is 4.99. The monoisotopic (exact) mass is 456 g/mol. The average Bonchev–Trinajstić information content (AvgIpc) is 2.76. The molecule has 1 N–H and O–H groups in total. The Hall–Kier alpha value is -3.16. The van der Waals surface area contributed by atoms with Gasteiger partial charge in [0, 0.05) is 23.3 Å². The fraction of sp³-hybridized carbons (Fsp3) is 0.0870. The number of Topliss-reactive ketones (excluding diaryl/α,β-unsaturated/α-hetero) is 1. The van der Waals surface area contributed by atoms with Crippen molar-refractivity contribution in [3.05, 3.63) is 111 Å². The Labute approximate surface area is 184 Å². The number of fused-ring (bicyclic) bond motifs is 1. The summed E-state index contributed by atoms with van der Waals surface area (Å²) < 4.78 is 41.0. The highest BCUT2D eigenvalue weighted by molar-refractivity contribution is 7.97. The number of para-hydroxylation sites is 1. The largest absolute Gasteiger partial charge is 0.386 e. The van der Waals surface area contributed by atoms with Gasteiger partial charge in [0.15, 0.2) is 4.91 Å². The molecule has 0 aromatic heterocycles. The number of hydrogen-bond donors (Lipinski definition) is 1. The Morgan fingerprint density at radius 1 is 0.935 bits per heavy atom. The zero-order chi connectivity index (χ0) is 22.0. The van der Waals surface area contributed by atoms with Crippen LogP contribution in [0.15, 0.2) is 83.9 Å². The van der Waals surface area contributed by atoms with Crippen LogP contribution in [0.5, 0.6) is 0 Å². The van der Waals surface area contributed by atoms with Crippen molar-refractivity contribution in [2.45, 2.75) is 13.1 Å². The molecular formula is C23H18ClFN2O3S. The Kier molecular flexibility index (Phi) is 5.80. The second-order valence-corrected chi connectivity index (χ2v) is 9.27. The molecular weight excluding hydrogens is 439 g/mol. The summed E-state index contributed by atoms with van der Waals surface area (Å²) in [7, 11) is -4.11. The van der Waals surface area contributed by atoms with Gasteiger partial charge in [-0.1, -0.05) is 48.0 Å². The number of nitrogens with one attached hydrogen (secondary N) is 1. The highest BCUT2D eigenvalue weighted by atomic mass is 35.5. The summed E-state index contributed by atoms with van der Waals surface area (Å²) in [4.78, 5) is 12.6. The molecule has 5 nitrogen and oxygen atoms in total. The molecule has 31 heavy (non-hydrogen) atoms. The van der Waals surface area contributed by atoms with Gasteiger partial charge < -0.3 is 5.32 Å². The van der Waals surface area contributed by atoms with Gasteiger partial charge in [-0.2, -0.15) is 0 Å². The molecule has 1 aliphatic heterocycles. The zero-order valence-corrected chi connectivity index (χ0v) is 17.8. The minimum Gasteiger partial charge on any atom is -0.386 e. The van der Waals surface area contributed by atoms with Crippen LogP contribution in [-0.2, 0) is 23.1 Å². The highest BCUT2D eigenvalue weighted by Gasteiger charge is 2.39. The summed E-state index contributed by atoms with van der Waals surface area (Å²) in [6.07, 6.45) is 1.21. The van der Waals surface area contributed by atoms with E-state index < -0.39 is 15.8 Å². The van der Waals surface area contributed by atoms with Crippen molar-refractivity contribution < 1.29 is 17.6 Å². The van der Waals surface area contributed by atoms with Crippen molar-refractivity contribution in [1.82, 2.24) is 5.32 Å². The van der Waals surface area contributed by atoms with Crippen LogP contribution in [0.2, 0.25) is 5.02 Å². The van der Waals surface area contributed by atoms with E-state index in [4.69, 9.17) is 11.6 Å². The van der Waals surface area contributed by atoms with Gasteiger partial charge in [0.05, 0.1) is 12.2 Å². The molecule has 0 saturated carbocycles. The van der Waals surface area contributed by atoms with E-state index in [0.717, 1.165) is 11.1 Å². The predicted molar refractivity (Wildman–Crippen MR) is 119 cm³/mol. The number of carbonyl (C=O) groups excluding carboxylic acids is 1. The molecule has 0 aliphatic carbocycles. The second-order valence-electron chi connectivity index (χ2n) is 7.00. The van der Waals surface area contributed by atoms with Crippen LogP contribution in [0.4, 0.5) is 10.1 Å². The number of halogens is 2. The van der Waals surface area contributed by atoms with Crippen molar-refractivity contribution in [1.29, 1.82) is 0 Å². The van der Waals surface area contributed by atoms with Crippen molar-refractivity contribution >= 4 is 33.1 Å². The summed E-state index contributed by atoms with van der Waals surface area (Å²) in [5, 5.41) is 3.42. The SMILES string of the molecule is O=C1C(=CNCc2ccc(F)cc2)S(=O)(=O)N(Cc2ccc(Cl)cc2)c2ccccc21. The van der Waals surface area contributed by atoms with Crippen LogP contribution in [0.25, 0.3) is 0 Å². The molecule has 3 aromatic rings. The summed E-state index contributed by atoms with van der Waals surface area (Å²) in [5.41, 5.74) is 2.12. The van der Waals surface area contributed by atoms with Crippen molar-refractivity contribution in [3.8, 4) is 0 Å². The second kappa shape index (κ2) is 8.53. The highest BCUT2D eigenvalue weighted by Crippen LogP contribution is 2.36. The van der Waals surface area contributed by atoms with Gasteiger partial charge >= 0.3 is 0 Å². The molecule has 0 unspecified atom stereocenters. The van der Waals surface area contributed by atoms with E-state index in [0.29, 0.717) is 16.3 Å². The van der Waals surface area contributed by atoms with Gasteiger partial charge in [0.2, 0.25) is 5.78 Å². The normalized spacial score (nSPS) is 16.3. The lowest BCUT2D eigenvalue weighted by Gasteiger charge is -2.31. The first-order chi connectivity index (χ1) is 14.9. The molecule has 0 amide bonds. The zero-order valence-electron chi connectivity index (χ0n) is 16.3. The van der Waals surface area contributed by atoms with Gasteiger partial charge in [-0.15, -0.1) is 0 Å². The number of rotatable bonds is 5. The van der Waals surface area contributed by atoms with Gasteiger partial charge in [0.1, 0.15) is 5.82 Å². The first-order valence-electron chi connectivity index (χ1n) is 9.45. The van der Waals surface area contributed by atoms with E-state index in [2.05, 4.69) is 5.32 Å². The summed E-state index contributed by atoms with van der Waals surface area (Å²) in [6, 6.07) is 19.3. The minimum absolute atomic E-state index is 0.0547. The third-order valence-electron chi connectivity index (χ3n) is 4.90. The number of anilines is 1. The van der Waals surface area contributed by atoms with Crippen LogP contribution in [0.3, 0.4) is 0 Å². The maximum Gasteiger partial charge on any atom is 0.270 e. The van der Waals surface area contributed by atoms with E-state index in [1.165, 1.54) is 22.6 Å². The number of hydrogen-bond acceptors (Lipinski definition) is 4. The quantitative estimate of drug-likeness (QED) is 0.568. The topological polar surface area (TPSA) is 66.5 Å². The van der Waals surface area contributed by atoms with Crippen molar-refractivity contribution in [2.75, 3.05) is 4.31 Å². The average molecular weight is 457 g/mol. The summed E-state index contributed by atoms with van der Waals surface area (Å²) >= 11 is 5.94. The number of benzene rings is 3. The molecule has 1 heterocycles. The van der Waals surface area contributed by atoms with E-state index in [1.807, 2.05) is 0 Å². The lowest BCUT2D eigenvalue weighted by molar-refractivity contribution is 0.104.